The van der Waals surface area contributed by atoms with Crippen LogP contribution in [0.3, 0.4) is 0 Å². The van der Waals surface area contributed by atoms with E-state index in [0.29, 0.717) is 23.7 Å². The van der Waals surface area contributed by atoms with E-state index < -0.39 is 0 Å². The summed E-state index contributed by atoms with van der Waals surface area (Å²) >= 11 is 1.95. The average Bonchev–Trinajstić information content (AvgIpc) is 2.71. The zero-order valence-electron chi connectivity index (χ0n) is 12.7. The van der Waals surface area contributed by atoms with Crippen molar-refractivity contribution in [3.63, 3.8) is 0 Å². The van der Waals surface area contributed by atoms with Crippen LogP contribution < -0.4 is 9.64 Å². The second-order valence-corrected chi connectivity index (χ2v) is 6.86. The van der Waals surface area contributed by atoms with Gasteiger partial charge in [-0.15, -0.1) is 0 Å². The van der Waals surface area contributed by atoms with Crippen LogP contribution in [0, 0.1) is 5.92 Å². The normalized spacial score (nSPS) is 20.0. The van der Waals surface area contributed by atoms with Crippen LogP contribution in [-0.2, 0) is 0 Å². The molecule has 1 unspecified atom stereocenters. The van der Waals surface area contributed by atoms with Crippen molar-refractivity contribution in [1.29, 1.82) is 0 Å². The number of ether oxygens (including phenoxy) is 1. The van der Waals surface area contributed by atoms with Gasteiger partial charge in [-0.2, -0.15) is 16.7 Å². The van der Waals surface area contributed by atoms with E-state index in [2.05, 4.69) is 35.0 Å². The Balaban J connectivity index is 2.04. The monoisotopic (exact) mass is 295 g/mol. The first-order valence-electron chi connectivity index (χ1n) is 7.41. The highest BCUT2D eigenvalue weighted by Gasteiger charge is 2.19. The summed E-state index contributed by atoms with van der Waals surface area (Å²) in [5.74, 6) is 2.09. The standard InChI is InChI=1S/C15H25N3OS/c1-12(2)11-19-15-9-16-8-14(17-15)18-7-5-4-6-13(10-18)20-3/h8-9,12-13H,4-7,10-11H2,1-3H3. The van der Waals surface area contributed by atoms with E-state index in [0.717, 1.165) is 18.9 Å². The number of thioether (sulfide) groups is 1. The Morgan fingerprint density at radius 1 is 1.40 bits per heavy atom. The Bertz CT molecular complexity index is 414. The van der Waals surface area contributed by atoms with Gasteiger partial charge in [0.1, 0.15) is 0 Å². The summed E-state index contributed by atoms with van der Waals surface area (Å²) in [5.41, 5.74) is 0. The predicted molar refractivity (Wildman–Crippen MR) is 85.7 cm³/mol. The number of aromatic nitrogens is 2. The molecular formula is C15H25N3OS. The molecule has 0 aromatic carbocycles. The molecule has 1 aromatic rings. The van der Waals surface area contributed by atoms with Crippen LogP contribution in [0.4, 0.5) is 5.82 Å². The van der Waals surface area contributed by atoms with Crippen molar-refractivity contribution in [3.8, 4) is 5.88 Å². The predicted octanol–water partition coefficient (Wildman–Crippen LogP) is 3.23. The lowest BCUT2D eigenvalue weighted by atomic mass is 10.2. The Kier molecular flexibility index (Phi) is 5.95. The maximum Gasteiger partial charge on any atom is 0.234 e. The molecule has 0 N–H and O–H groups in total. The molecule has 0 spiro atoms. The van der Waals surface area contributed by atoms with E-state index in [1.165, 1.54) is 19.3 Å². The molecule has 112 valence electrons. The molecule has 0 aliphatic carbocycles. The van der Waals surface area contributed by atoms with E-state index in [1.54, 1.807) is 6.20 Å². The molecule has 1 aliphatic rings. The topological polar surface area (TPSA) is 38.2 Å². The maximum atomic E-state index is 5.68. The minimum absolute atomic E-state index is 0.500. The van der Waals surface area contributed by atoms with Gasteiger partial charge < -0.3 is 9.64 Å². The number of hydrogen-bond donors (Lipinski definition) is 0. The molecule has 20 heavy (non-hydrogen) atoms. The molecule has 4 nitrogen and oxygen atoms in total. The van der Waals surface area contributed by atoms with Crippen molar-refractivity contribution in [1.82, 2.24) is 9.97 Å². The Morgan fingerprint density at radius 2 is 2.25 bits per heavy atom. The van der Waals surface area contributed by atoms with Gasteiger partial charge in [-0.3, -0.25) is 4.98 Å². The highest BCUT2D eigenvalue weighted by molar-refractivity contribution is 7.99. The van der Waals surface area contributed by atoms with Crippen LogP contribution in [0.1, 0.15) is 33.1 Å². The number of hydrogen-bond acceptors (Lipinski definition) is 5. The summed E-state index contributed by atoms with van der Waals surface area (Å²) in [6.45, 7) is 7.08. The van der Waals surface area contributed by atoms with Crippen LogP contribution >= 0.6 is 11.8 Å². The van der Waals surface area contributed by atoms with Crippen molar-refractivity contribution in [3.05, 3.63) is 12.4 Å². The Morgan fingerprint density at radius 3 is 3.00 bits per heavy atom. The number of anilines is 1. The van der Waals surface area contributed by atoms with Crippen LogP contribution in [0.25, 0.3) is 0 Å². The molecule has 5 heteroatoms. The fraction of sp³-hybridized carbons (Fsp3) is 0.733. The van der Waals surface area contributed by atoms with E-state index >= 15 is 0 Å². The fourth-order valence-electron chi connectivity index (χ4n) is 2.32. The van der Waals surface area contributed by atoms with Crippen LogP contribution in [0.5, 0.6) is 5.88 Å². The molecule has 1 aliphatic heterocycles. The van der Waals surface area contributed by atoms with Gasteiger partial charge in [0, 0.05) is 18.3 Å². The van der Waals surface area contributed by atoms with Crippen LogP contribution in [0.2, 0.25) is 0 Å². The lowest BCUT2D eigenvalue weighted by Gasteiger charge is -2.24. The maximum absolute atomic E-state index is 5.68. The van der Waals surface area contributed by atoms with E-state index in [-0.39, 0.29) is 0 Å². The van der Waals surface area contributed by atoms with Gasteiger partial charge in [0.2, 0.25) is 5.88 Å². The van der Waals surface area contributed by atoms with Gasteiger partial charge in [0.15, 0.2) is 5.82 Å². The average molecular weight is 295 g/mol. The minimum Gasteiger partial charge on any atom is -0.476 e. The molecule has 2 rings (SSSR count). The summed E-state index contributed by atoms with van der Waals surface area (Å²) in [5, 5.41) is 0.694. The number of nitrogens with zero attached hydrogens (tertiary/aromatic N) is 3. The third-order valence-electron chi connectivity index (χ3n) is 3.45. The molecule has 0 bridgehead atoms. The Labute approximate surface area is 126 Å². The molecule has 0 saturated carbocycles. The number of rotatable bonds is 5. The molecule has 1 atom stereocenters. The smallest absolute Gasteiger partial charge is 0.234 e. The molecule has 2 heterocycles. The third kappa shape index (κ3) is 4.54. The lowest BCUT2D eigenvalue weighted by Crippen LogP contribution is -2.30. The van der Waals surface area contributed by atoms with Crippen molar-refractivity contribution in [2.24, 2.45) is 5.92 Å². The SMILES string of the molecule is CSC1CCCCN(c2cncc(OCC(C)C)n2)C1. The van der Waals surface area contributed by atoms with Gasteiger partial charge in [-0.25, -0.2) is 0 Å². The molecule has 0 amide bonds. The van der Waals surface area contributed by atoms with E-state index in [9.17, 15) is 0 Å². The summed E-state index contributed by atoms with van der Waals surface area (Å²) < 4.78 is 5.68. The van der Waals surface area contributed by atoms with Crippen molar-refractivity contribution in [2.45, 2.75) is 38.4 Å². The van der Waals surface area contributed by atoms with Gasteiger partial charge in [-0.1, -0.05) is 20.3 Å². The zero-order valence-corrected chi connectivity index (χ0v) is 13.5. The lowest BCUT2D eigenvalue weighted by molar-refractivity contribution is 0.260. The summed E-state index contributed by atoms with van der Waals surface area (Å²) in [6, 6.07) is 0. The first kappa shape index (κ1) is 15.4. The van der Waals surface area contributed by atoms with Crippen LogP contribution in [-0.4, -0.2) is 41.2 Å². The summed E-state index contributed by atoms with van der Waals surface area (Å²) in [7, 11) is 0. The highest BCUT2D eigenvalue weighted by atomic mass is 32.2. The Hall–Kier alpha value is -0.970. The molecule has 0 radical (unpaired) electrons. The minimum atomic E-state index is 0.500. The quantitative estimate of drug-likeness (QED) is 0.834. The molecule has 1 fully saturated rings. The molecular weight excluding hydrogens is 270 g/mol. The van der Waals surface area contributed by atoms with Crippen molar-refractivity contribution < 1.29 is 4.74 Å². The van der Waals surface area contributed by atoms with Gasteiger partial charge in [-0.05, 0) is 25.0 Å². The fourth-order valence-corrected chi connectivity index (χ4v) is 3.05. The summed E-state index contributed by atoms with van der Waals surface area (Å²) in [4.78, 5) is 11.2. The second kappa shape index (κ2) is 7.72. The highest BCUT2D eigenvalue weighted by Crippen LogP contribution is 2.24. The van der Waals surface area contributed by atoms with Crippen LogP contribution in [0.15, 0.2) is 12.4 Å². The largest absolute Gasteiger partial charge is 0.476 e. The second-order valence-electron chi connectivity index (χ2n) is 5.72. The molecule has 1 saturated heterocycles. The van der Waals surface area contributed by atoms with Crippen molar-refractivity contribution >= 4 is 17.6 Å². The van der Waals surface area contributed by atoms with Gasteiger partial charge in [0.05, 0.1) is 19.0 Å². The third-order valence-corrected chi connectivity index (χ3v) is 4.50. The first-order chi connectivity index (χ1) is 9.69. The van der Waals surface area contributed by atoms with E-state index in [4.69, 9.17) is 4.74 Å². The van der Waals surface area contributed by atoms with E-state index in [1.807, 2.05) is 18.0 Å². The summed E-state index contributed by atoms with van der Waals surface area (Å²) in [6.07, 6.45) is 9.59. The zero-order chi connectivity index (χ0) is 14.4. The molecule has 1 aromatic heterocycles. The van der Waals surface area contributed by atoms with Crippen molar-refractivity contribution in [2.75, 3.05) is 30.9 Å². The first-order valence-corrected chi connectivity index (χ1v) is 8.70. The van der Waals surface area contributed by atoms with Gasteiger partial charge in [0.25, 0.3) is 0 Å². The van der Waals surface area contributed by atoms with Gasteiger partial charge >= 0.3 is 0 Å².